The molecule has 0 radical (unpaired) electrons. The Morgan fingerprint density at radius 1 is 1.14 bits per heavy atom. The number of hydrogen-bond acceptors (Lipinski definition) is 4. The SMILES string of the molecule is COc1cc(NC(=O)C2CC2c2ccccc2OC(F)(F)F)ccc1C(=O)O. The molecule has 0 heterocycles. The maximum Gasteiger partial charge on any atom is 0.573 e. The van der Waals surface area contributed by atoms with Crippen LogP contribution in [0, 0.1) is 5.92 Å². The number of halogens is 3. The molecule has 1 saturated carbocycles. The van der Waals surface area contributed by atoms with Crippen LogP contribution in [0.2, 0.25) is 0 Å². The number of rotatable bonds is 6. The van der Waals surface area contributed by atoms with Crippen LogP contribution < -0.4 is 14.8 Å². The van der Waals surface area contributed by atoms with Gasteiger partial charge in [0.15, 0.2) is 0 Å². The van der Waals surface area contributed by atoms with Crippen LogP contribution >= 0.6 is 0 Å². The zero-order valence-corrected chi connectivity index (χ0v) is 14.6. The zero-order valence-electron chi connectivity index (χ0n) is 14.6. The summed E-state index contributed by atoms with van der Waals surface area (Å²) in [4.78, 5) is 23.5. The van der Waals surface area contributed by atoms with E-state index in [1.54, 1.807) is 6.07 Å². The highest BCUT2D eigenvalue weighted by Crippen LogP contribution is 2.51. The number of hydrogen-bond donors (Lipinski definition) is 2. The van der Waals surface area contributed by atoms with E-state index in [0.29, 0.717) is 17.7 Å². The van der Waals surface area contributed by atoms with Gasteiger partial charge in [-0.3, -0.25) is 4.79 Å². The van der Waals surface area contributed by atoms with Gasteiger partial charge in [-0.15, -0.1) is 13.2 Å². The number of benzene rings is 2. The van der Waals surface area contributed by atoms with Crippen LogP contribution in [0.4, 0.5) is 18.9 Å². The van der Waals surface area contributed by atoms with Gasteiger partial charge in [-0.1, -0.05) is 18.2 Å². The summed E-state index contributed by atoms with van der Waals surface area (Å²) in [7, 11) is 1.31. The van der Waals surface area contributed by atoms with Gasteiger partial charge in [0.2, 0.25) is 5.91 Å². The minimum atomic E-state index is -4.81. The second-order valence-electron chi connectivity index (χ2n) is 6.24. The first-order chi connectivity index (χ1) is 13.2. The van der Waals surface area contributed by atoms with Gasteiger partial charge in [-0.25, -0.2) is 4.79 Å². The van der Waals surface area contributed by atoms with Crippen molar-refractivity contribution in [2.45, 2.75) is 18.7 Å². The van der Waals surface area contributed by atoms with Crippen molar-refractivity contribution >= 4 is 17.6 Å². The van der Waals surface area contributed by atoms with E-state index in [2.05, 4.69) is 10.1 Å². The summed E-state index contributed by atoms with van der Waals surface area (Å²) in [5.41, 5.74) is 0.596. The van der Waals surface area contributed by atoms with Crippen molar-refractivity contribution in [3.05, 3.63) is 53.6 Å². The van der Waals surface area contributed by atoms with Gasteiger partial charge in [0.25, 0.3) is 0 Å². The minimum Gasteiger partial charge on any atom is -0.496 e. The summed E-state index contributed by atoms with van der Waals surface area (Å²) in [6.45, 7) is 0. The lowest BCUT2D eigenvalue weighted by atomic mass is 10.1. The summed E-state index contributed by atoms with van der Waals surface area (Å²) in [6, 6.07) is 9.82. The van der Waals surface area contributed by atoms with E-state index in [1.807, 2.05) is 0 Å². The number of carboxylic acids is 1. The Bertz CT molecular complexity index is 913. The van der Waals surface area contributed by atoms with Crippen molar-refractivity contribution in [2.24, 2.45) is 5.92 Å². The third-order valence-electron chi connectivity index (χ3n) is 4.37. The van der Waals surface area contributed by atoms with E-state index in [1.165, 1.54) is 43.5 Å². The summed E-state index contributed by atoms with van der Waals surface area (Å²) >= 11 is 0. The molecule has 0 saturated heterocycles. The number of carbonyl (C=O) groups excluding carboxylic acids is 1. The maximum atomic E-state index is 12.6. The molecule has 2 atom stereocenters. The first-order valence-electron chi connectivity index (χ1n) is 8.26. The van der Waals surface area contributed by atoms with Crippen molar-refractivity contribution in [3.8, 4) is 11.5 Å². The van der Waals surface area contributed by atoms with Crippen molar-refractivity contribution in [1.82, 2.24) is 0 Å². The van der Waals surface area contributed by atoms with Gasteiger partial charge in [0.05, 0.1) is 7.11 Å². The molecular weight excluding hydrogens is 379 g/mol. The molecule has 2 N–H and O–H groups in total. The average molecular weight is 395 g/mol. The van der Waals surface area contributed by atoms with Crippen LogP contribution in [0.25, 0.3) is 0 Å². The largest absolute Gasteiger partial charge is 0.573 e. The van der Waals surface area contributed by atoms with Crippen molar-refractivity contribution in [2.75, 3.05) is 12.4 Å². The summed E-state index contributed by atoms with van der Waals surface area (Å²) in [5.74, 6) is -2.68. The molecule has 28 heavy (non-hydrogen) atoms. The Balaban J connectivity index is 1.71. The number of aromatic carboxylic acids is 1. The topological polar surface area (TPSA) is 84.9 Å². The van der Waals surface area contributed by atoms with Crippen LogP contribution in [0.3, 0.4) is 0 Å². The van der Waals surface area contributed by atoms with Crippen LogP contribution in [0.1, 0.15) is 28.3 Å². The van der Waals surface area contributed by atoms with Gasteiger partial charge in [-0.2, -0.15) is 0 Å². The molecule has 0 aromatic heterocycles. The number of alkyl halides is 3. The predicted octanol–water partition coefficient (Wildman–Crippen LogP) is 4.03. The summed E-state index contributed by atoms with van der Waals surface area (Å²) < 4.78 is 46.7. The third-order valence-corrected chi connectivity index (χ3v) is 4.37. The highest BCUT2D eigenvalue weighted by Gasteiger charge is 2.46. The lowest BCUT2D eigenvalue weighted by molar-refractivity contribution is -0.274. The number of carboxylic acid groups (broad SMARTS) is 1. The second-order valence-corrected chi connectivity index (χ2v) is 6.24. The molecule has 1 fully saturated rings. The number of methoxy groups -OCH3 is 1. The lowest BCUT2D eigenvalue weighted by Crippen LogP contribution is -2.18. The number of carbonyl (C=O) groups is 2. The Kier molecular flexibility index (Phi) is 5.17. The van der Waals surface area contributed by atoms with Crippen molar-refractivity contribution in [3.63, 3.8) is 0 Å². The fourth-order valence-corrected chi connectivity index (χ4v) is 3.01. The molecule has 1 aliphatic rings. The number of nitrogens with one attached hydrogen (secondary N) is 1. The summed E-state index contributed by atoms with van der Waals surface area (Å²) in [5, 5.41) is 11.7. The number of anilines is 1. The molecule has 0 aliphatic heterocycles. The molecule has 2 unspecified atom stereocenters. The first kappa shape index (κ1) is 19.5. The van der Waals surface area contributed by atoms with E-state index in [4.69, 9.17) is 9.84 Å². The molecule has 3 rings (SSSR count). The standard InChI is InChI=1S/C19H16F3NO5/c1-27-16-8-10(6-7-12(16)18(25)26)23-17(24)14-9-13(14)11-4-2-3-5-15(11)28-19(20,21)22/h2-8,13-14H,9H2,1H3,(H,23,24)(H,25,26). The molecule has 6 nitrogen and oxygen atoms in total. The molecule has 1 aliphatic carbocycles. The molecule has 148 valence electrons. The smallest absolute Gasteiger partial charge is 0.496 e. The number of amides is 1. The van der Waals surface area contributed by atoms with Crippen LogP contribution in [0.15, 0.2) is 42.5 Å². The van der Waals surface area contributed by atoms with Crippen LogP contribution in [0.5, 0.6) is 11.5 Å². The quantitative estimate of drug-likeness (QED) is 0.771. The Labute approximate surface area is 157 Å². The second kappa shape index (κ2) is 7.41. The van der Waals surface area contributed by atoms with Crippen molar-refractivity contribution in [1.29, 1.82) is 0 Å². The van der Waals surface area contributed by atoms with Gasteiger partial charge in [0, 0.05) is 17.7 Å². The molecule has 1 amide bonds. The van der Waals surface area contributed by atoms with Gasteiger partial charge in [0.1, 0.15) is 17.1 Å². The van der Waals surface area contributed by atoms with Crippen molar-refractivity contribution < 1.29 is 37.3 Å². The minimum absolute atomic E-state index is 0.0528. The van der Waals surface area contributed by atoms with Crippen LogP contribution in [-0.2, 0) is 4.79 Å². The number of ether oxygens (including phenoxy) is 2. The Hall–Kier alpha value is -3.23. The Morgan fingerprint density at radius 2 is 1.86 bits per heavy atom. The predicted molar refractivity (Wildman–Crippen MR) is 92.6 cm³/mol. The lowest BCUT2D eigenvalue weighted by Gasteiger charge is -2.13. The van der Waals surface area contributed by atoms with Crippen LogP contribution in [-0.4, -0.2) is 30.5 Å². The fraction of sp³-hybridized carbons (Fsp3) is 0.263. The molecular formula is C19H16F3NO5. The highest BCUT2D eigenvalue weighted by molar-refractivity contribution is 5.97. The molecule has 0 bridgehead atoms. The Morgan fingerprint density at radius 3 is 2.50 bits per heavy atom. The van der Waals surface area contributed by atoms with E-state index in [-0.39, 0.29) is 23.0 Å². The molecule has 0 spiro atoms. The van der Waals surface area contributed by atoms with Gasteiger partial charge < -0.3 is 19.9 Å². The fourth-order valence-electron chi connectivity index (χ4n) is 3.01. The monoisotopic (exact) mass is 395 g/mol. The van der Waals surface area contributed by atoms with E-state index in [0.717, 1.165) is 0 Å². The zero-order chi connectivity index (χ0) is 20.5. The maximum absolute atomic E-state index is 12.6. The highest BCUT2D eigenvalue weighted by atomic mass is 19.4. The average Bonchev–Trinajstić information content (AvgIpc) is 3.41. The normalized spacial score (nSPS) is 18.3. The first-order valence-corrected chi connectivity index (χ1v) is 8.26. The van der Waals surface area contributed by atoms with E-state index < -0.39 is 24.2 Å². The van der Waals surface area contributed by atoms with Gasteiger partial charge in [-0.05, 0) is 36.1 Å². The molecule has 2 aromatic rings. The molecule has 9 heteroatoms. The van der Waals surface area contributed by atoms with E-state index >= 15 is 0 Å². The van der Waals surface area contributed by atoms with E-state index in [9.17, 15) is 22.8 Å². The summed E-state index contributed by atoms with van der Waals surface area (Å²) in [6.07, 6.45) is -4.43. The van der Waals surface area contributed by atoms with Gasteiger partial charge >= 0.3 is 12.3 Å². The molecule has 2 aromatic carbocycles. The third kappa shape index (κ3) is 4.36. The number of para-hydroxylation sites is 1.